The zero-order valence-electron chi connectivity index (χ0n) is 8.59. The molecule has 0 radical (unpaired) electrons. The summed E-state index contributed by atoms with van der Waals surface area (Å²) in [6, 6.07) is 8.22. The number of carbonyl (C=O) groups is 1. The van der Waals surface area contributed by atoms with Gasteiger partial charge in [0, 0.05) is 10.9 Å². The largest absolute Gasteiger partial charge is 0.295 e. The van der Waals surface area contributed by atoms with E-state index in [-0.39, 0.29) is 5.78 Å². The fourth-order valence-corrected chi connectivity index (χ4v) is 0.942. The van der Waals surface area contributed by atoms with Crippen LogP contribution in [0.3, 0.4) is 0 Å². The standard InChI is InChI=1S/C7H7Br.C5H8O/c1-6-2-4-7(8)5-3-6;1-3-5(6)4-2/h2-5H,1H3;3H,1,4H2,2H3. The van der Waals surface area contributed by atoms with Crippen molar-refractivity contribution >= 4 is 21.7 Å². The van der Waals surface area contributed by atoms with Crippen LogP contribution in [0.4, 0.5) is 0 Å². The summed E-state index contributed by atoms with van der Waals surface area (Å²) in [7, 11) is 0. The lowest BCUT2D eigenvalue weighted by atomic mass is 10.2. The number of aryl methyl sites for hydroxylation is 1. The SMILES string of the molecule is C=CC(=O)CC.Cc1ccc(Br)cc1. The summed E-state index contributed by atoms with van der Waals surface area (Å²) < 4.78 is 1.14. The van der Waals surface area contributed by atoms with Crippen LogP contribution in [-0.2, 0) is 4.79 Å². The smallest absolute Gasteiger partial charge is 0.154 e. The third-order valence-corrected chi connectivity index (χ3v) is 2.12. The maximum Gasteiger partial charge on any atom is 0.154 e. The van der Waals surface area contributed by atoms with E-state index in [2.05, 4.69) is 41.6 Å². The van der Waals surface area contributed by atoms with E-state index in [4.69, 9.17) is 0 Å². The van der Waals surface area contributed by atoms with Crippen molar-refractivity contribution in [2.24, 2.45) is 0 Å². The Morgan fingerprint density at radius 3 is 2.14 bits per heavy atom. The lowest BCUT2D eigenvalue weighted by molar-refractivity contribution is -0.114. The number of hydrogen-bond donors (Lipinski definition) is 0. The molecule has 76 valence electrons. The molecule has 0 aliphatic rings. The summed E-state index contributed by atoms with van der Waals surface area (Å²) in [5.41, 5.74) is 1.30. The van der Waals surface area contributed by atoms with Gasteiger partial charge in [0.05, 0.1) is 0 Å². The molecule has 0 aliphatic heterocycles. The fraction of sp³-hybridized carbons (Fsp3) is 0.250. The Morgan fingerprint density at radius 2 is 1.93 bits per heavy atom. The Balaban J connectivity index is 0.000000255. The van der Waals surface area contributed by atoms with Gasteiger partial charge in [0.25, 0.3) is 0 Å². The van der Waals surface area contributed by atoms with Crippen LogP contribution in [0.25, 0.3) is 0 Å². The van der Waals surface area contributed by atoms with Crippen LogP contribution >= 0.6 is 15.9 Å². The average molecular weight is 255 g/mol. The van der Waals surface area contributed by atoms with Crippen molar-refractivity contribution in [1.82, 2.24) is 0 Å². The monoisotopic (exact) mass is 254 g/mol. The molecular weight excluding hydrogens is 240 g/mol. The molecule has 1 aromatic rings. The van der Waals surface area contributed by atoms with Crippen LogP contribution in [0.2, 0.25) is 0 Å². The first-order chi connectivity index (χ1) is 6.60. The van der Waals surface area contributed by atoms with Crippen LogP contribution in [0.1, 0.15) is 18.9 Å². The van der Waals surface area contributed by atoms with Crippen molar-refractivity contribution in [3.05, 3.63) is 47.0 Å². The van der Waals surface area contributed by atoms with Gasteiger partial charge in [-0.2, -0.15) is 0 Å². The van der Waals surface area contributed by atoms with E-state index in [1.54, 1.807) is 0 Å². The Hall–Kier alpha value is -0.890. The quantitative estimate of drug-likeness (QED) is 0.732. The second-order valence-corrected chi connectivity index (χ2v) is 3.74. The molecule has 1 rings (SSSR count). The minimum atomic E-state index is 0.106. The van der Waals surface area contributed by atoms with Gasteiger partial charge in [0.15, 0.2) is 5.78 Å². The van der Waals surface area contributed by atoms with Crippen LogP contribution in [0.5, 0.6) is 0 Å². The molecule has 1 nitrogen and oxygen atoms in total. The van der Waals surface area contributed by atoms with E-state index >= 15 is 0 Å². The number of halogens is 1. The van der Waals surface area contributed by atoms with E-state index in [0.717, 1.165) is 4.47 Å². The van der Waals surface area contributed by atoms with E-state index < -0.39 is 0 Å². The average Bonchev–Trinajstić information content (AvgIpc) is 2.22. The third-order valence-electron chi connectivity index (χ3n) is 1.59. The second kappa shape index (κ2) is 7.51. The molecule has 0 bridgehead atoms. The van der Waals surface area contributed by atoms with E-state index in [0.29, 0.717) is 6.42 Å². The van der Waals surface area contributed by atoms with Crippen molar-refractivity contribution in [2.45, 2.75) is 20.3 Å². The van der Waals surface area contributed by atoms with Gasteiger partial charge in [-0.1, -0.05) is 47.1 Å². The van der Waals surface area contributed by atoms with Gasteiger partial charge in [0.1, 0.15) is 0 Å². The van der Waals surface area contributed by atoms with Gasteiger partial charge in [-0.05, 0) is 25.1 Å². The summed E-state index contributed by atoms with van der Waals surface area (Å²) >= 11 is 3.35. The molecule has 0 unspecified atom stereocenters. The van der Waals surface area contributed by atoms with Crippen LogP contribution in [0.15, 0.2) is 41.4 Å². The molecule has 0 atom stereocenters. The van der Waals surface area contributed by atoms with E-state index in [9.17, 15) is 4.79 Å². The van der Waals surface area contributed by atoms with Gasteiger partial charge >= 0.3 is 0 Å². The number of hydrogen-bond acceptors (Lipinski definition) is 1. The molecule has 0 heterocycles. The molecular formula is C12H15BrO. The summed E-state index contributed by atoms with van der Waals surface area (Å²) in [6.07, 6.45) is 1.91. The van der Waals surface area contributed by atoms with Gasteiger partial charge in [-0.15, -0.1) is 0 Å². The molecule has 14 heavy (non-hydrogen) atoms. The topological polar surface area (TPSA) is 17.1 Å². The van der Waals surface area contributed by atoms with Crippen molar-refractivity contribution in [1.29, 1.82) is 0 Å². The molecule has 1 aromatic carbocycles. The first-order valence-electron chi connectivity index (χ1n) is 4.47. The molecule has 0 aliphatic carbocycles. The molecule has 0 aromatic heterocycles. The Kier molecular flexibility index (Phi) is 7.03. The van der Waals surface area contributed by atoms with Gasteiger partial charge < -0.3 is 0 Å². The first-order valence-corrected chi connectivity index (χ1v) is 5.27. The summed E-state index contributed by atoms with van der Waals surface area (Å²) in [5, 5.41) is 0. The summed E-state index contributed by atoms with van der Waals surface area (Å²) in [4.78, 5) is 10.1. The zero-order chi connectivity index (χ0) is 11.0. The highest BCUT2D eigenvalue weighted by Crippen LogP contribution is 2.08. The Labute approximate surface area is 94.0 Å². The Morgan fingerprint density at radius 1 is 1.43 bits per heavy atom. The predicted octanol–water partition coefficient (Wildman–Crippen LogP) is 3.91. The van der Waals surface area contributed by atoms with Gasteiger partial charge in [-0.25, -0.2) is 0 Å². The lowest BCUT2D eigenvalue weighted by Crippen LogP contribution is -1.83. The highest BCUT2D eigenvalue weighted by molar-refractivity contribution is 9.10. The van der Waals surface area contributed by atoms with Gasteiger partial charge in [0.2, 0.25) is 0 Å². The maximum absolute atomic E-state index is 10.1. The number of benzene rings is 1. The van der Waals surface area contributed by atoms with E-state index in [1.807, 2.05) is 19.1 Å². The fourth-order valence-electron chi connectivity index (χ4n) is 0.678. The number of ketones is 1. The number of allylic oxidation sites excluding steroid dienone is 1. The summed E-state index contributed by atoms with van der Waals surface area (Å²) in [5.74, 6) is 0.106. The molecule has 0 saturated carbocycles. The molecule has 2 heteroatoms. The zero-order valence-corrected chi connectivity index (χ0v) is 10.2. The highest BCUT2D eigenvalue weighted by Gasteiger charge is 1.82. The normalized spacial score (nSPS) is 8.50. The Bertz CT molecular complexity index is 267. The van der Waals surface area contributed by atoms with Crippen molar-refractivity contribution in [3.63, 3.8) is 0 Å². The summed E-state index contributed by atoms with van der Waals surface area (Å²) in [6.45, 7) is 7.17. The molecule has 0 fully saturated rings. The molecule has 0 saturated heterocycles. The molecule has 0 spiro atoms. The number of rotatable bonds is 2. The number of carbonyl (C=O) groups excluding carboxylic acids is 1. The first kappa shape index (κ1) is 13.1. The van der Waals surface area contributed by atoms with Crippen molar-refractivity contribution in [3.8, 4) is 0 Å². The lowest BCUT2D eigenvalue weighted by Gasteiger charge is -1.88. The van der Waals surface area contributed by atoms with Gasteiger partial charge in [-0.3, -0.25) is 4.79 Å². The van der Waals surface area contributed by atoms with Crippen molar-refractivity contribution < 1.29 is 4.79 Å². The van der Waals surface area contributed by atoms with E-state index in [1.165, 1.54) is 11.6 Å². The molecule has 0 N–H and O–H groups in total. The maximum atomic E-state index is 10.1. The minimum absolute atomic E-state index is 0.106. The third kappa shape index (κ3) is 6.61. The van der Waals surface area contributed by atoms with Crippen LogP contribution in [-0.4, -0.2) is 5.78 Å². The molecule has 0 amide bonds. The second-order valence-electron chi connectivity index (χ2n) is 2.82. The predicted molar refractivity (Wildman–Crippen MR) is 64.4 cm³/mol. The van der Waals surface area contributed by atoms with Crippen LogP contribution < -0.4 is 0 Å². The van der Waals surface area contributed by atoms with Crippen LogP contribution in [0, 0.1) is 6.92 Å². The van der Waals surface area contributed by atoms with Crippen molar-refractivity contribution in [2.75, 3.05) is 0 Å². The highest BCUT2D eigenvalue weighted by atomic mass is 79.9. The minimum Gasteiger partial charge on any atom is -0.295 e.